The Bertz CT molecular complexity index is 113. The summed E-state index contributed by atoms with van der Waals surface area (Å²) in [6.07, 6.45) is 3.99. The summed E-state index contributed by atoms with van der Waals surface area (Å²) < 4.78 is 0. The van der Waals surface area contributed by atoms with Crippen LogP contribution in [0.25, 0.3) is 0 Å². The van der Waals surface area contributed by atoms with Crippen LogP contribution in [0.5, 0.6) is 0 Å². The van der Waals surface area contributed by atoms with Crippen molar-refractivity contribution in [1.29, 1.82) is 0 Å². The molecular weight excluding hydrogens is 180 g/mol. The smallest absolute Gasteiger partial charge is 0.0193 e. The van der Waals surface area contributed by atoms with Crippen LogP contribution in [0, 0.1) is 0 Å². The predicted octanol–water partition coefficient (Wildman–Crippen LogP) is 1.47. The first kappa shape index (κ1) is 11.3. The standard InChI is InChI=1S/C10H22N2S/c1-2-7-13-8-6-12-10-4-3-5-11-9-10/h10-12H,2-9H2,1H3/t10-/m0/s1. The number of rotatable bonds is 6. The van der Waals surface area contributed by atoms with Gasteiger partial charge in [0.1, 0.15) is 0 Å². The highest BCUT2D eigenvalue weighted by molar-refractivity contribution is 7.99. The van der Waals surface area contributed by atoms with E-state index >= 15 is 0 Å². The van der Waals surface area contributed by atoms with Crippen LogP contribution in [0.1, 0.15) is 26.2 Å². The van der Waals surface area contributed by atoms with Crippen molar-refractivity contribution >= 4 is 11.8 Å². The third-order valence-corrected chi connectivity index (χ3v) is 3.51. The van der Waals surface area contributed by atoms with Gasteiger partial charge in [-0.25, -0.2) is 0 Å². The van der Waals surface area contributed by atoms with E-state index in [0.29, 0.717) is 0 Å². The molecule has 1 aliphatic rings. The molecule has 0 aromatic carbocycles. The van der Waals surface area contributed by atoms with Gasteiger partial charge in [0.15, 0.2) is 0 Å². The second-order valence-electron chi connectivity index (χ2n) is 3.61. The first-order valence-electron chi connectivity index (χ1n) is 5.45. The van der Waals surface area contributed by atoms with Gasteiger partial charge in [0.2, 0.25) is 0 Å². The van der Waals surface area contributed by atoms with Crippen LogP contribution >= 0.6 is 11.8 Å². The third kappa shape index (κ3) is 5.55. The van der Waals surface area contributed by atoms with Gasteiger partial charge in [-0.15, -0.1) is 0 Å². The quantitative estimate of drug-likeness (QED) is 0.638. The second-order valence-corrected chi connectivity index (χ2v) is 4.83. The van der Waals surface area contributed by atoms with Crippen molar-refractivity contribution in [3.63, 3.8) is 0 Å². The molecule has 78 valence electrons. The van der Waals surface area contributed by atoms with Crippen molar-refractivity contribution in [3.8, 4) is 0 Å². The molecule has 0 spiro atoms. The van der Waals surface area contributed by atoms with Gasteiger partial charge in [-0.1, -0.05) is 6.92 Å². The van der Waals surface area contributed by atoms with Crippen molar-refractivity contribution in [1.82, 2.24) is 10.6 Å². The third-order valence-electron chi connectivity index (χ3n) is 2.32. The Morgan fingerprint density at radius 1 is 1.46 bits per heavy atom. The molecule has 1 aliphatic heterocycles. The Morgan fingerprint density at radius 2 is 2.38 bits per heavy atom. The van der Waals surface area contributed by atoms with Crippen LogP contribution in [0.4, 0.5) is 0 Å². The minimum Gasteiger partial charge on any atom is -0.315 e. The van der Waals surface area contributed by atoms with Crippen molar-refractivity contribution < 1.29 is 0 Å². The van der Waals surface area contributed by atoms with Gasteiger partial charge in [-0.05, 0) is 31.6 Å². The fourth-order valence-electron chi connectivity index (χ4n) is 1.61. The molecule has 2 nitrogen and oxygen atoms in total. The van der Waals surface area contributed by atoms with E-state index in [0.717, 1.165) is 6.04 Å². The molecule has 1 atom stereocenters. The zero-order valence-corrected chi connectivity index (χ0v) is 9.46. The van der Waals surface area contributed by atoms with Crippen LogP contribution in [-0.4, -0.2) is 37.2 Å². The Labute approximate surface area is 86.2 Å². The Balaban J connectivity index is 1.86. The predicted molar refractivity (Wildman–Crippen MR) is 61.5 cm³/mol. The van der Waals surface area contributed by atoms with E-state index < -0.39 is 0 Å². The number of thioether (sulfide) groups is 1. The topological polar surface area (TPSA) is 24.1 Å². The Kier molecular flexibility index (Phi) is 6.68. The molecule has 13 heavy (non-hydrogen) atoms. The van der Waals surface area contributed by atoms with E-state index in [1.54, 1.807) is 0 Å². The first-order valence-corrected chi connectivity index (χ1v) is 6.60. The van der Waals surface area contributed by atoms with Crippen molar-refractivity contribution in [3.05, 3.63) is 0 Å². The molecule has 1 rings (SSSR count). The van der Waals surface area contributed by atoms with E-state index in [1.807, 2.05) is 0 Å². The molecule has 0 bridgehead atoms. The van der Waals surface area contributed by atoms with Crippen molar-refractivity contribution in [2.45, 2.75) is 32.2 Å². The number of piperidine rings is 1. The lowest BCUT2D eigenvalue weighted by Gasteiger charge is -2.23. The van der Waals surface area contributed by atoms with Crippen LogP contribution in [0.2, 0.25) is 0 Å². The van der Waals surface area contributed by atoms with Crippen molar-refractivity contribution in [2.24, 2.45) is 0 Å². The SMILES string of the molecule is CCCSCCN[C@H]1CCCNC1. The van der Waals surface area contributed by atoms with Gasteiger partial charge < -0.3 is 10.6 Å². The summed E-state index contributed by atoms with van der Waals surface area (Å²) >= 11 is 2.06. The minimum absolute atomic E-state index is 0.732. The molecule has 0 radical (unpaired) electrons. The largest absolute Gasteiger partial charge is 0.315 e. The fourth-order valence-corrected chi connectivity index (χ4v) is 2.36. The van der Waals surface area contributed by atoms with Crippen molar-refractivity contribution in [2.75, 3.05) is 31.1 Å². The Hall–Kier alpha value is 0.270. The molecule has 0 unspecified atom stereocenters. The summed E-state index contributed by atoms with van der Waals surface area (Å²) in [5.74, 6) is 2.58. The Morgan fingerprint density at radius 3 is 3.08 bits per heavy atom. The van der Waals surface area contributed by atoms with E-state index in [-0.39, 0.29) is 0 Å². The summed E-state index contributed by atoms with van der Waals surface area (Å²) in [4.78, 5) is 0. The average molecular weight is 202 g/mol. The molecule has 3 heteroatoms. The zero-order chi connectivity index (χ0) is 9.36. The molecule has 0 aromatic heterocycles. The van der Waals surface area contributed by atoms with Gasteiger partial charge in [0, 0.05) is 24.9 Å². The normalized spacial score (nSPS) is 23.3. The lowest BCUT2D eigenvalue weighted by atomic mass is 10.1. The highest BCUT2D eigenvalue weighted by Crippen LogP contribution is 2.03. The monoisotopic (exact) mass is 202 g/mol. The van der Waals surface area contributed by atoms with E-state index in [4.69, 9.17) is 0 Å². The van der Waals surface area contributed by atoms with Crippen LogP contribution in [0.15, 0.2) is 0 Å². The molecule has 1 fully saturated rings. The molecule has 0 aliphatic carbocycles. The van der Waals surface area contributed by atoms with E-state index in [2.05, 4.69) is 29.3 Å². The lowest BCUT2D eigenvalue weighted by Crippen LogP contribution is -2.43. The fraction of sp³-hybridized carbons (Fsp3) is 1.00. The van der Waals surface area contributed by atoms with Gasteiger partial charge in [-0.3, -0.25) is 0 Å². The number of hydrogen-bond donors (Lipinski definition) is 2. The van der Waals surface area contributed by atoms with Gasteiger partial charge in [0.25, 0.3) is 0 Å². The summed E-state index contributed by atoms with van der Waals surface area (Å²) in [5, 5.41) is 7.01. The first-order chi connectivity index (χ1) is 6.43. The van der Waals surface area contributed by atoms with E-state index in [9.17, 15) is 0 Å². The summed E-state index contributed by atoms with van der Waals surface area (Å²) in [5.41, 5.74) is 0. The van der Waals surface area contributed by atoms with Gasteiger partial charge in [0.05, 0.1) is 0 Å². The maximum Gasteiger partial charge on any atom is 0.0193 e. The average Bonchev–Trinajstić information content (AvgIpc) is 2.19. The maximum atomic E-state index is 3.60. The van der Waals surface area contributed by atoms with Gasteiger partial charge >= 0.3 is 0 Å². The highest BCUT2D eigenvalue weighted by atomic mass is 32.2. The summed E-state index contributed by atoms with van der Waals surface area (Å²) in [6, 6.07) is 0.732. The summed E-state index contributed by atoms with van der Waals surface area (Å²) in [6.45, 7) is 5.80. The molecule has 1 saturated heterocycles. The van der Waals surface area contributed by atoms with Crippen LogP contribution in [0.3, 0.4) is 0 Å². The summed E-state index contributed by atoms with van der Waals surface area (Å²) in [7, 11) is 0. The molecule has 0 saturated carbocycles. The second kappa shape index (κ2) is 7.65. The molecule has 1 heterocycles. The molecule has 0 amide bonds. The lowest BCUT2D eigenvalue weighted by molar-refractivity contribution is 0.398. The van der Waals surface area contributed by atoms with Gasteiger partial charge in [-0.2, -0.15) is 11.8 Å². The number of nitrogens with one attached hydrogen (secondary N) is 2. The van der Waals surface area contributed by atoms with Crippen LogP contribution < -0.4 is 10.6 Å². The minimum atomic E-state index is 0.732. The molecular formula is C10H22N2S. The zero-order valence-electron chi connectivity index (χ0n) is 8.64. The highest BCUT2D eigenvalue weighted by Gasteiger charge is 2.10. The number of hydrogen-bond acceptors (Lipinski definition) is 3. The van der Waals surface area contributed by atoms with Crippen LogP contribution in [-0.2, 0) is 0 Å². The molecule has 0 aromatic rings. The van der Waals surface area contributed by atoms with E-state index in [1.165, 1.54) is 50.4 Å². The molecule has 2 N–H and O–H groups in total. The maximum absolute atomic E-state index is 3.60.